The molecule has 0 saturated carbocycles. The van der Waals surface area contributed by atoms with Gasteiger partial charge in [0.2, 0.25) is 12.7 Å². The van der Waals surface area contributed by atoms with Crippen LogP contribution in [0.4, 0.5) is 0 Å². The maximum absolute atomic E-state index is 12.4. The van der Waals surface area contributed by atoms with Crippen LogP contribution in [0.3, 0.4) is 0 Å². The normalized spacial score (nSPS) is 15.9. The SMILES string of the molecule is CCC(CC)C(=O)OCOC(=O)c1cccc2c1OB(O)C(/C=N\C(C)=O)C2. The molecular weight excluding hydrogens is 365 g/mol. The van der Waals surface area contributed by atoms with Crippen molar-refractivity contribution in [3.63, 3.8) is 0 Å². The van der Waals surface area contributed by atoms with Crippen molar-refractivity contribution in [2.75, 3.05) is 6.79 Å². The van der Waals surface area contributed by atoms with Crippen LogP contribution in [0.25, 0.3) is 0 Å². The molecule has 0 aliphatic carbocycles. The molecule has 0 fully saturated rings. The summed E-state index contributed by atoms with van der Waals surface area (Å²) in [6, 6.07) is 4.91. The Hall–Kier alpha value is -2.68. The largest absolute Gasteiger partial charge is 0.535 e. The van der Waals surface area contributed by atoms with Crippen molar-refractivity contribution in [3.8, 4) is 5.75 Å². The Kier molecular flexibility index (Phi) is 7.75. The molecule has 0 spiro atoms. The second-order valence-electron chi connectivity index (χ2n) is 6.49. The molecule has 1 aliphatic heterocycles. The van der Waals surface area contributed by atoms with E-state index in [0.29, 0.717) is 24.8 Å². The average Bonchev–Trinajstić information content (AvgIpc) is 2.66. The molecule has 1 N–H and O–H groups in total. The Balaban J connectivity index is 2.04. The Morgan fingerprint density at radius 3 is 2.68 bits per heavy atom. The summed E-state index contributed by atoms with van der Waals surface area (Å²) in [5, 5.41) is 10.2. The average molecular weight is 389 g/mol. The number of fused-ring (bicyclic) bond motifs is 1. The number of esters is 2. The number of ether oxygens (including phenoxy) is 2. The first-order valence-electron chi connectivity index (χ1n) is 9.22. The van der Waals surface area contributed by atoms with Gasteiger partial charge in [-0.25, -0.2) is 9.79 Å². The molecule has 1 aromatic carbocycles. The fourth-order valence-electron chi connectivity index (χ4n) is 2.89. The highest BCUT2D eigenvalue weighted by Crippen LogP contribution is 2.34. The molecule has 2 rings (SSSR count). The molecule has 9 heteroatoms. The number of carbonyl (C=O) groups is 3. The van der Waals surface area contributed by atoms with Gasteiger partial charge in [-0.15, -0.1) is 0 Å². The van der Waals surface area contributed by atoms with E-state index in [1.807, 2.05) is 13.8 Å². The van der Waals surface area contributed by atoms with Gasteiger partial charge in [-0.2, -0.15) is 0 Å². The summed E-state index contributed by atoms with van der Waals surface area (Å²) < 4.78 is 15.5. The zero-order valence-corrected chi connectivity index (χ0v) is 16.2. The van der Waals surface area contributed by atoms with E-state index in [2.05, 4.69) is 4.99 Å². The number of para-hydroxylation sites is 1. The molecule has 1 amide bonds. The molecule has 0 aromatic heterocycles. The molecule has 1 heterocycles. The van der Waals surface area contributed by atoms with Gasteiger partial charge in [0, 0.05) is 19.0 Å². The fourth-order valence-corrected chi connectivity index (χ4v) is 2.89. The Bertz CT molecular complexity index is 761. The van der Waals surface area contributed by atoms with Crippen molar-refractivity contribution < 1.29 is 33.5 Å². The number of nitrogens with zero attached hydrogens (tertiary/aromatic N) is 1. The minimum atomic E-state index is -1.25. The lowest BCUT2D eigenvalue weighted by Gasteiger charge is -2.26. The summed E-state index contributed by atoms with van der Waals surface area (Å²) in [6.45, 7) is 4.59. The van der Waals surface area contributed by atoms with Crippen LogP contribution in [-0.4, -0.2) is 43.0 Å². The first kappa shape index (κ1) is 21.6. The lowest BCUT2D eigenvalue weighted by molar-refractivity contribution is -0.157. The van der Waals surface area contributed by atoms with Crippen molar-refractivity contribution in [2.45, 2.75) is 45.9 Å². The van der Waals surface area contributed by atoms with E-state index in [4.69, 9.17) is 14.1 Å². The van der Waals surface area contributed by atoms with Crippen LogP contribution < -0.4 is 4.65 Å². The minimum Gasteiger partial charge on any atom is -0.535 e. The van der Waals surface area contributed by atoms with Crippen LogP contribution in [0, 0.1) is 5.92 Å². The third kappa shape index (κ3) is 5.42. The van der Waals surface area contributed by atoms with Gasteiger partial charge in [-0.05, 0) is 30.9 Å². The van der Waals surface area contributed by atoms with E-state index in [9.17, 15) is 19.4 Å². The van der Waals surface area contributed by atoms with Gasteiger partial charge < -0.3 is 19.2 Å². The molecule has 8 nitrogen and oxygen atoms in total. The lowest BCUT2D eigenvalue weighted by Crippen LogP contribution is -2.35. The third-order valence-electron chi connectivity index (χ3n) is 4.53. The van der Waals surface area contributed by atoms with Crippen molar-refractivity contribution in [1.82, 2.24) is 0 Å². The zero-order valence-electron chi connectivity index (χ0n) is 16.2. The van der Waals surface area contributed by atoms with Crippen molar-refractivity contribution in [2.24, 2.45) is 10.9 Å². The third-order valence-corrected chi connectivity index (χ3v) is 4.53. The number of carbonyl (C=O) groups excluding carboxylic acids is 3. The summed E-state index contributed by atoms with van der Waals surface area (Å²) in [6.07, 6.45) is 2.99. The zero-order chi connectivity index (χ0) is 20.7. The lowest BCUT2D eigenvalue weighted by atomic mass is 9.67. The summed E-state index contributed by atoms with van der Waals surface area (Å²) >= 11 is 0. The molecule has 0 saturated heterocycles. The van der Waals surface area contributed by atoms with Crippen LogP contribution in [0.2, 0.25) is 5.82 Å². The van der Waals surface area contributed by atoms with E-state index in [0.717, 1.165) is 0 Å². The molecular formula is C19H24BNO7. The van der Waals surface area contributed by atoms with Crippen LogP contribution in [0.5, 0.6) is 5.75 Å². The number of amides is 1. The highest BCUT2D eigenvalue weighted by Gasteiger charge is 2.36. The van der Waals surface area contributed by atoms with Gasteiger partial charge in [0.1, 0.15) is 11.3 Å². The van der Waals surface area contributed by atoms with Crippen LogP contribution in [0.15, 0.2) is 23.2 Å². The molecule has 1 atom stereocenters. The molecule has 150 valence electrons. The highest BCUT2D eigenvalue weighted by molar-refractivity contribution is 6.50. The number of aliphatic imine (C=N–C) groups is 1. The van der Waals surface area contributed by atoms with E-state index in [1.165, 1.54) is 19.2 Å². The molecule has 0 radical (unpaired) electrons. The van der Waals surface area contributed by atoms with Gasteiger partial charge in [-0.1, -0.05) is 26.0 Å². The predicted molar refractivity (Wildman–Crippen MR) is 102 cm³/mol. The first-order valence-corrected chi connectivity index (χ1v) is 9.22. The van der Waals surface area contributed by atoms with Gasteiger partial charge in [0.25, 0.3) is 0 Å². The van der Waals surface area contributed by atoms with Crippen molar-refractivity contribution >= 4 is 31.2 Å². The Morgan fingerprint density at radius 1 is 1.32 bits per heavy atom. The Labute approximate surface area is 164 Å². The fraction of sp³-hybridized carbons (Fsp3) is 0.474. The molecule has 1 unspecified atom stereocenters. The minimum absolute atomic E-state index is 0.122. The van der Waals surface area contributed by atoms with Crippen LogP contribution in [-0.2, 0) is 25.5 Å². The highest BCUT2D eigenvalue weighted by atomic mass is 16.7. The Morgan fingerprint density at radius 2 is 2.04 bits per heavy atom. The number of hydrogen-bond donors (Lipinski definition) is 1. The second kappa shape index (κ2) is 10.0. The second-order valence-corrected chi connectivity index (χ2v) is 6.49. The van der Waals surface area contributed by atoms with Crippen molar-refractivity contribution in [3.05, 3.63) is 29.3 Å². The molecule has 1 aliphatic rings. The quantitative estimate of drug-likeness (QED) is 0.329. The number of rotatable bonds is 7. The van der Waals surface area contributed by atoms with E-state index >= 15 is 0 Å². The summed E-state index contributed by atoms with van der Waals surface area (Å²) in [4.78, 5) is 38.9. The van der Waals surface area contributed by atoms with E-state index in [-0.39, 0.29) is 23.1 Å². The molecule has 28 heavy (non-hydrogen) atoms. The maximum Gasteiger partial charge on any atom is 0.531 e. The van der Waals surface area contributed by atoms with Crippen LogP contribution >= 0.6 is 0 Å². The molecule has 0 bridgehead atoms. The van der Waals surface area contributed by atoms with Crippen LogP contribution in [0.1, 0.15) is 49.5 Å². The van der Waals surface area contributed by atoms with E-state index < -0.39 is 31.7 Å². The summed E-state index contributed by atoms with van der Waals surface area (Å²) in [5.74, 6) is -2.04. The maximum atomic E-state index is 12.4. The van der Waals surface area contributed by atoms with E-state index in [1.54, 1.807) is 12.1 Å². The van der Waals surface area contributed by atoms with Gasteiger partial charge in [0.05, 0.1) is 5.92 Å². The standard InChI is InChI=1S/C19H24BNO7/c1-4-13(5-2)18(23)26-11-27-19(24)16-8-6-7-14-9-15(10-21-12(3)22)20(25)28-17(14)16/h6-8,10,13,15,25H,4-5,9,11H2,1-3H3/b21-10-. The van der Waals surface area contributed by atoms with Gasteiger partial charge in [-0.3, -0.25) is 9.59 Å². The van der Waals surface area contributed by atoms with Crippen molar-refractivity contribution in [1.29, 1.82) is 0 Å². The summed E-state index contributed by atoms with van der Waals surface area (Å²) in [7, 11) is -1.25. The topological polar surface area (TPSA) is 111 Å². The number of hydrogen-bond acceptors (Lipinski definition) is 7. The van der Waals surface area contributed by atoms with Gasteiger partial charge >= 0.3 is 19.1 Å². The first-order chi connectivity index (χ1) is 13.4. The number of benzene rings is 1. The summed E-state index contributed by atoms with van der Waals surface area (Å²) in [5.41, 5.74) is 0.797. The smallest absolute Gasteiger partial charge is 0.531 e. The predicted octanol–water partition coefficient (Wildman–Crippen LogP) is 2.18. The van der Waals surface area contributed by atoms with Gasteiger partial charge in [0.15, 0.2) is 0 Å². The monoisotopic (exact) mass is 389 g/mol. The molecule has 1 aromatic rings.